The van der Waals surface area contributed by atoms with Gasteiger partial charge >= 0.3 is 11.9 Å². The molecule has 3 aromatic heterocycles. The molecule has 3 heterocycles. The van der Waals surface area contributed by atoms with E-state index in [9.17, 15) is 22.8 Å². The minimum Gasteiger partial charge on any atom is -0.349 e. The highest BCUT2D eigenvalue weighted by Gasteiger charge is 2.38. The molecule has 0 saturated heterocycles. The van der Waals surface area contributed by atoms with Crippen molar-refractivity contribution in [2.45, 2.75) is 44.4 Å². The second kappa shape index (κ2) is 10.4. The van der Waals surface area contributed by atoms with E-state index < -0.39 is 23.3 Å². The van der Waals surface area contributed by atoms with Crippen molar-refractivity contribution in [1.82, 2.24) is 24.4 Å². The maximum absolute atomic E-state index is 13.5. The summed E-state index contributed by atoms with van der Waals surface area (Å²) in [6.07, 6.45) is 1.82. The van der Waals surface area contributed by atoms with Crippen LogP contribution in [0.4, 0.5) is 13.2 Å². The first-order valence-electron chi connectivity index (χ1n) is 12.0. The third kappa shape index (κ3) is 5.15. The van der Waals surface area contributed by atoms with Gasteiger partial charge in [-0.25, -0.2) is 9.78 Å². The number of fused-ring (bicyclic) bond motifs is 1. The Morgan fingerprint density at radius 1 is 1.05 bits per heavy atom. The van der Waals surface area contributed by atoms with E-state index in [0.29, 0.717) is 54.0 Å². The molecule has 0 bridgehead atoms. The molecule has 1 aliphatic rings. The van der Waals surface area contributed by atoms with Crippen LogP contribution in [0.3, 0.4) is 0 Å². The van der Waals surface area contributed by atoms with Gasteiger partial charge in [-0.2, -0.15) is 13.2 Å². The van der Waals surface area contributed by atoms with E-state index in [1.54, 1.807) is 45.8 Å². The quantitative estimate of drug-likeness (QED) is 0.328. The number of hydrogen-bond donors (Lipinski definition) is 1. The highest BCUT2D eigenvalue weighted by atomic mass is 35.5. The number of hydrogen-bond acceptors (Lipinski definition) is 4. The monoisotopic (exact) mass is 563 g/mol. The molecule has 1 aromatic carbocycles. The summed E-state index contributed by atoms with van der Waals surface area (Å²) in [5.41, 5.74) is -0.149. The average molecular weight is 564 g/mol. The van der Waals surface area contributed by atoms with Crippen molar-refractivity contribution >= 4 is 40.1 Å². The van der Waals surface area contributed by atoms with Gasteiger partial charge in [-0.1, -0.05) is 35.3 Å². The summed E-state index contributed by atoms with van der Waals surface area (Å²) in [6.45, 7) is 0.440. The molecule has 198 valence electrons. The Kier molecular flexibility index (Phi) is 7.19. The molecule has 1 amide bonds. The summed E-state index contributed by atoms with van der Waals surface area (Å²) in [5.74, 6) is -0.731. The lowest BCUT2D eigenvalue weighted by molar-refractivity contribution is -0.141. The Morgan fingerprint density at radius 2 is 1.79 bits per heavy atom. The number of nitrogens with zero attached hydrogens (tertiary/aromatic N) is 4. The number of para-hydroxylation sites is 1. The van der Waals surface area contributed by atoms with Gasteiger partial charge in [0.05, 0.1) is 38.5 Å². The highest BCUT2D eigenvalue weighted by Crippen LogP contribution is 2.32. The molecule has 12 heteroatoms. The van der Waals surface area contributed by atoms with E-state index in [1.807, 2.05) is 6.07 Å². The summed E-state index contributed by atoms with van der Waals surface area (Å²) >= 11 is 12.2. The number of pyridine rings is 2. The maximum Gasteiger partial charge on any atom is 0.434 e. The molecule has 38 heavy (non-hydrogen) atoms. The smallest absolute Gasteiger partial charge is 0.349 e. The van der Waals surface area contributed by atoms with E-state index in [4.69, 9.17) is 23.2 Å². The fraction of sp³-hybridized carbons (Fsp3) is 0.308. The lowest BCUT2D eigenvalue weighted by atomic mass is 9.85. The SMILES string of the molecule is O=C(NC1CCC(Cn2c(=O)n(-c3ccccc3Cl)c3ccncc32)CC1)c1cc(Cl)cnc1C(F)(F)F. The molecule has 1 saturated carbocycles. The molecule has 0 aliphatic heterocycles. The molecule has 1 aliphatic carbocycles. The number of amides is 1. The summed E-state index contributed by atoms with van der Waals surface area (Å²) in [6, 6.07) is 9.55. The molecule has 5 rings (SSSR count). The van der Waals surface area contributed by atoms with Crippen LogP contribution in [0.25, 0.3) is 16.7 Å². The lowest BCUT2D eigenvalue weighted by Crippen LogP contribution is -2.39. The summed E-state index contributed by atoms with van der Waals surface area (Å²) < 4.78 is 43.2. The largest absolute Gasteiger partial charge is 0.434 e. The fourth-order valence-corrected chi connectivity index (χ4v) is 5.37. The van der Waals surface area contributed by atoms with E-state index >= 15 is 0 Å². The first-order valence-corrected chi connectivity index (χ1v) is 12.7. The van der Waals surface area contributed by atoms with Crippen molar-refractivity contribution < 1.29 is 18.0 Å². The van der Waals surface area contributed by atoms with Gasteiger partial charge in [0, 0.05) is 25.0 Å². The zero-order chi connectivity index (χ0) is 27.0. The molecule has 1 fully saturated rings. The van der Waals surface area contributed by atoms with Gasteiger partial charge in [0.2, 0.25) is 0 Å². The van der Waals surface area contributed by atoms with Crippen molar-refractivity contribution in [3.05, 3.63) is 86.8 Å². The zero-order valence-electron chi connectivity index (χ0n) is 19.9. The Balaban J connectivity index is 1.31. The maximum atomic E-state index is 13.5. The Bertz CT molecular complexity index is 1560. The zero-order valence-corrected chi connectivity index (χ0v) is 21.4. The number of benzene rings is 1. The van der Waals surface area contributed by atoms with E-state index in [2.05, 4.69) is 15.3 Å². The molecule has 0 unspecified atom stereocenters. The third-order valence-electron chi connectivity index (χ3n) is 6.82. The Labute approximate surface area is 225 Å². The number of nitrogens with one attached hydrogen (secondary N) is 1. The standard InChI is InChI=1S/C26H22Cl2F3N5O2/c27-16-11-18(23(33-12-16)26(29,30)31)24(37)34-17-7-5-15(6-8-17)14-35-22-13-32-10-9-21(22)36(25(35)38)20-4-2-1-3-19(20)28/h1-4,9-13,15,17H,5-8,14H2,(H,34,37). The summed E-state index contributed by atoms with van der Waals surface area (Å²) in [4.78, 5) is 33.7. The number of imidazole rings is 1. The van der Waals surface area contributed by atoms with E-state index in [0.717, 1.165) is 12.3 Å². The van der Waals surface area contributed by atoms with Crippen molar-refractivity contribution in [3.8, 4) is 5.69 Å². The van der Waals surface area contributed by atoms with Gasteiger partial charge in [-0.15, -0.1) is 0 Å². The van der Waals surface area contributed by atoms with Gasteiger partial charge < -0.3 is 5.32 Å². The number of alkyl halides is 3. The molecular formula is C26H22Cl2F3N5O2. The van der Waals surface area contributed by atoms with Gasteiger partial charge in [0.15, 0.2) is 5.69 Å². The Morgan fingerprint density at radius 3 is 2.50 bits per heavy atom. The van der Waals surface area contributed by atoms with Crippen molar-refractivity contribution in [3.63, 3.8) is 0 Å². The van der Waals surface area contributed by atoms with Crippen LogP contribution in [-0.2, 0) is 12.7 Å². The van der Waals surface area contributed by atoms with Gasteiger partial charge in [0.1, 0.15) is 0 Å². The molecular weight excluding hydrogens is 542 g/mol. The van der Waals surface area contributed by atoms with Crippen LogP contribution in [-0.4, -0.2) is 31.1 Å². The van der Waals surface area contributed by atoms with Crippen LogP contribution in [0.5, 0.6) is 0 Å². The molecule has 0 spiro atoms. The van der Waals surface area contributed by atoms with Crippen LogP contribution >= 0.6 is 23.2 Å². The summed E-state index contributed by atoms with van der Waals surface area (Å²) in [7, 11) is 0. The van der Waals surface area contributed by atoms with Gasteiger partial charge in [0.25, 0.3) is 5.91 Å². The first-order chi connectivity index (χ1) is 18.1. The van der Waals surface area contributed by atoms with Gasteiger partial charge in [-0.3, -0.25) is 18.9 Å². The minimum absolute atomic E-state index is 0.0530. The second-order valence-corrected chi connectivity index (χ2v) is 10.1. The van der Waals surface area contributed by atoms with Crippen LogP contribution in [0.1, 0.15) is 41.7 Å². The lowest BCUT2D eigenvalue weighted by Gasteiger charge is -2.29. The number of carbonyl (C=O) groups is 1. The van der Waals surface area contributed by atoms with Crippen LogP contribution < -0.4 is 11.0 Å². The van der Waals surface area contributed by atoms with Crippen LogP contribution in [0, 0.1) is 5.92 Å². The molecule has 7 nitrogen and oxygen atoms in total. The van der Waals surface area contributed by atoms with Crippen molar-refractivity contribution in [2.24, 2.45) is 5.92 Å². The predicted molar refractivity (Wildman–Crippen MR) is 138 cm³/mol. The van der Waals surface area contributed by atoms with Crippen molar-refractivity contribution in [2.75, 3.05) is 0 Å². The summed E-state index contributed by atoms with van der Waals surface area (Å²) in [5, 5.41) is 3.09. The average Bonchev–Trinajstić information content (AvgIpc) is 3.15. The molecule has 1 N–H and O–H groups in total. The molecule has 0 atom stereocenters. The Hall–Kier alpha value is -3.37. The van der Waals surface area contributed by atoms with Crippen LogP contribution in [0.15, 0.2) is 59.8 Å². The number of carbonyl (C=O) groups excluding carboxylic acids is 1. The molecule has 0 radical (unpaired) electrons. The predicted octanol–water partition coefficient (Wildman–Crippen LogP) is 5.90. The first kappa shape index (κ1) is 26.2. The van der Waals surface area contributed by atoms with E-state index in [1.165, 1.54) is 0 Å². The topological polar surface area (TPSA) is 81.8 Å². The number of rotatable bonds is 5. The second-order valence-electron chi connectivity index (χ2n) is 9.28. The number of halogens is 5. The van der Waals surface area contributed by atoms with Gasteiger partial charge in [-0.05, 0) is 55.9 Å². The molecule has 4 aromatic rings. The fourth-order valence-electron chi connectivity index (χ4n) is 4.99. The van der Waals surface area contributed by atoms with Crippen LogP contribution in [0.2, 0.25) is 10.0 Å². The van der Waals surface area contributed by atoms with E-state index in [-0.39, 0.29) is 22.7 Å². The highest BCUT2D eigenvalue weighted by molar-refractivity contribution is 6.32. The van der Waals surface area contributed by atoms with Crippen molar-refractivity contribution in [1.29, 1.82) is 0 Å². The number of aromatic nitrogens is 4. The normalized spacial score (nSPS) is 18.0. The third-order valence-corrected chi connectivity index (χ3v) is 7.34. The minimum atomic E-state index is -4.78.